The molecule has 1 aromatic heterocycles. The van der Waals surface area contributed by atoms with Crippen LogP contribution in [0.5, 0.6) is 0 Å². The second-order valence-electron chi connectivity index (χ2n) is 5.63. The number of benzene rings is 2. The van der Waals surface area contributed by atoms with Crippen LogP contribution >= 0.6 is 11.8 Å². The minimum Gasteiger partial charge on any atom is -0.325 e. The Kier molecular flexibility index (Phi) is 5.19. The number of rotatable bonds is 5. The zero-order chi connectivity index (χ0) is 17.8. The van der Waals surface area contributed by atoms with Crippen LogP contribution in [0.4, 0.5) is 10.1 Å². The smallest absolute Gasteiger partial charge is 0.237 e. The van der Waals surface area contributed by atoms with Gasteiger partial charge in [-0.05, 0) is 43.7 Å². The molecule has 3 aromatic rings. The number of aromatic nitrogens is 2. The van der Waals surface area contributed by atoms with Gasteiger partial charge in [0.1, 0.15) is 5.82 Å². The molecule has 1 atom stereocenters. The van der Waals surface area contributed by atoms with Crippen LogP contribution in [0.1, 0.15) is 12.5 Å². The maximum absolute atomic E-state index is 13.2. The summed E-state index contributed by atoms with van der Waals surface area (Å²) in [7, 11) is 0. The van der Waals surface area contributed by atoms with Gasteiger partial charge in [-0.3, -0.25) is 9.36 Å². The summed E-state index contributed by atoms with van der Waals surface area (Å²) < 4.78 is 15.2. The minimum absolute atomic E-state index is 0.199. The van der Waals surface area contributed by atoms with E-state index in [4.69, 9.17) is 0 Å². The standard InChI is InChI=1S/C19H18FN3OS/c1-13-6-3-4-9-17(13)23-11-10-21-19(23)25-14(2)18(24)22-16-8-5-7-15(20)12-16/h3-12,14H,1-2H3,(H,22,24). The zero-order valence-corrected chi connectivity index (χ0v) is 14.8. The third-order valence-corrected chi connectivity index (χ3v) is 4.81. The number of thioether (sulfide) groups is 1. The normalized spacial score (nSPS) is 12.0. The van der Waals surface area contributed by atoms with E-state index in [9.17, 15) is 9.18 Å². The Morgan fingerprint density at radius 1 is 1.24 bits per heavy atom. The maximum atomic E-state index is 13.2. The summed E-state index contributed by atoms with van der Waals surface area (Å²) >= 11 is 1.36. The Labute approximate surface area is 150 Å². The van der Waals surface area contributed by atoms with Crippen molar-refractivity contribution >= 4 is 23.4 Å². The molecule has 1 heterocycles. The van der Waals surface area contributed by atoms with Gasteiger partial charge in [0.25, 0.3) is 0 Å². The minimum atomic E-state index is -0.381. The van der Waals surface area contributed by atoms with Gasteiger partial charge in [0, 0.05) is 18.1 Å². The highest BCUT2D eigenvalue weighted by Crippen LogP contribution is 2.26. The second-order valence-corrected chi connectivity index (χ2v) is 6.93. The average Bonchev–Trinajstić information content (AvgIpc) is 3.03. The lowest BCUT2D eigenvalue weighted by molar-refractivity contribution is -0.115. The van der Waals surface area contributed by atoms with E-state index < -0.39 is 0 Å². The van der Waals surface area contributed by atoms with E-state index in [1.807, 2.05) is 42.0 Å². The SMILES string of the molecule is Cc1ccccc1-n1ccnc1SC(C)C(=O)Nc1cccc(F)c1. The Morgan fingerprint density at radius 2 is 2.04 bits per heavy atom. The molecule has 1 N–H and O–H groups in total. The Bertz CT molecular complexity index is 894. The molecule has 1 unspecified atom stereocenters. The van der Waals surface area contributed by atoms with E-state index in [1.54, 1.807) is 25.3 Å². The van der Waals surface area contributed by atoms with Crippen LogP contribution < -0.4 is 5.32 Å². The van der Waals surface area contributed by atoms with E-state index in [0.717, 1.165) is 16.4 Å². The highest BCUT2D eigenvalue weighted by Gasteiger charge is 2.18. The van der Waals surface area contributed by atoms with E-state index in [1.165, 1.54) is 23.9 Å². The number of aryl methyl sites for hydroxylation is 1. The lowest BCUT2D eigenvalue weighted by Crippen LogP contribution is -2.22. The van der Waals surface area contributed by atoms with Gasteiger partial charge in [0.05, 0.1) is 10.9 Å². The summed E-state index contributed by atoms with van der Waals surface area (Å²) in [5.41, 5.74) is 2.60. The number of carbonyl (C=O) groups excluding carboxylic acids is 1. The van der Waals surface area contributed by atoms with Gasteiger partial charge in [-0.1, -0.05) is 36.0 Å². The van der Waals surface area contributed by atoms with Crippen molar-refractivity contribution in [1.29, 1.82) is 0 Å². The number of halogens is 1. The van der Waals surface area contributed by atoms with Gasteiger partial charge in [-0.25, -0.2) is 9.37 Å². The van der Waals surface area contributed by atoms with Crippen molar-refractivity contribution in [2.75, 3.05) is 5.32 Å². The fourth-order valence-corrected chi connectivity index (χ4v) is 3.29. The van der Waals surface area contributed by atoms with Crippen LogP contribution in [0.2, 0.25) is 0 Å². The van der Waals surface area contributed by atoms with Crippen molar-refractivity contribution in [2.24, 2.45) is 0 Å². The quantitative estimate of drug-likeness (QED) is 0.688. The van der Waals surface area contributed by atoms with Gasteiger partial charge in [-0.2, -0.15) is 0 Å². The lowest BCUT2D eigenvalue weighted by Gasteiger charge is -2.14. The van der Waals surface area contributed by atoms with Crippen molar-refractivity contribution in [2.45, 2.75) is 24.3 Å². The zero-order valence-electron chi connectivity index (χ0n) is 13.9. The average molecular weight is 355 g/mol. The molecule has 0 saturated heterocycles. The van der Waals surface area contributed by atoms with Crippen LogP contribution in [-0.2, 0) is 4.79 Å². The number of nitrogens with one attached hydrogen (secondary N) is 1. The molecule has 1 amide bonds. The lowest BCUT2D eigenvalue weighted by atomic mass is 10.2. The summed E-state index contributed by atoms with van der Waals surface area (Å²) in [5.74, 6) is -0.580. The Morgan fingerprint density at radius 3 is 2.80 bits per heavy atom. The van der Waals surface area contributed by atoms with Crippen LogP contribution in [0.25, 0.3) is 5.69 Å². The molecule has 2 aromatic carbocycles. The molecule has 0 radical (unpaired) electrons. The summed E-state index contributed by atoms with van der Waals surface area (Å²) in [6, 6.07) is 13.9. The summed E-state index contributed by atoms with van der Waals surface area (Å²) in [6.45, 7) is 3.83. The molecule has 0 saturated carbocycles. The molecule has 6 heteroatoms. The number of carbonyl (C=O) groups is 1. The van der Waals surface area contributed by atoms with Crippen molar-refractivity contribution in [1.82, 2.24) is 9.55 Å². The summed E-state index contributed by atoms with van der Waals surface area (Å²) in [5, 5.41) is 3.08. The number of hydrogen-bond acceptors (Lipinski definition) is 3. The third kappa shape index (κ3) is 4.09. The second kappa shape index (κ2) is 7.53. The van der Waals surface area contributed by atoms with Gasteiger partial charge in [0.2, 0.25) is 5.91 Å². The van der Waals surface area contributed by atoms with Gasteiger partial charge >= 0.3 is 0 Å². The molecule has 0 fully saturated rings. The van der Waals surface area contributed by atoms with Crippen molar-refractivity contribution in [3.05, 3.63) is 72.3 Å². The fourth-order valence-electron chi connectivity index (χ4n) is 2.42. The van der Waals surface area contributed by atoms with Crippen molar-refractivity contribution in [3.63, 3.8) is 0 Å². The fraction of sp³-hybridized carbons (Fsp3) is 0.158. The predicted molar refractivity (Wildman–Crippen MR) is 98.6 cm³/mol. The van der Waals surface area contributed by atoms with Crippen LogP contribution in [-0.4, -0.2) is 20.7 Å². The molecular formula is C19H18FN3OS. The molecule has 3 rings (SSSR count). The van der Waals surface area contributed by atoms with Crippen molar-refractivity contribution in [3.8, 4) is 5.69 Å². The monoisotopic (exact) mass is 355 g/mol. The molecule has 0 aliphatic heterocycles. The number of anilines is 1. The number of amides is 1. The topological polar surface area (TPSA) is 46.9 Å². The largest absolute Gasteiger partial charge is 0.325 e. The first-order valence-electron chi connectivity index (χ1n) is 7.87. The molecule has 0 aliphatic rings. The third-order valence-electron chi connectivity index (χ3n) is 3.73. The summed E-state index contributed by atoms with van der Waals surface area (Å²) in [4.78, 5) is 16.7. The van der Waals surface area contributed by atoms with Gasteiger partial charge < -0.3 is 5.32 Å². The van der Waals surface area contributed by atoms with Crippen LogP contribution in [0, 0.1) is 12.7 Å². The first kappa shape index (κ1) is 17.2. The molecule has 0 bridgehead atoms. The van der Waals surface area contributed by atoms with Gasteiger partial charge in [-0.15, -0.1) is 0 Å². The first-order valence-corrected chi connectivity index (χ1v) is 8.75. The van der Waals surface area contributed by atoms with E-state index in [2.05, 4.69) is 10.3 Å². The van der Waals surface area contributed by atoms with E-state index >= 15 is 0 Å². The van der Waals surface area contributed by atoms with Crippen LogP contribution in [0.3, 0.4) is 0 Å². The van der Waals surface area contributed by atoms with E-state index in [0.29, 0.717) is 5.69 Å². The van der Waals surface area contributed by atoms with E-state index in [-0.39, 0.29) is 17.0 Å². The maximum Gasteiger partial charge on any atom is 0.237 e. The molecule has 0 aliphatic carbocycles. The number of imidazole rings is 1. The van der Waals surface area contributed by atoms with Crippen molar-refractivity contribution < 1.29 is 9.18 Å². The van der Waals surface area contributed by atoms with Gasteiger partial charge in [0.15, 0.2) is 5.16 Å². The highest BCUT2D eigenvalue weighted by molar-refractivity contribution is 8.00. The number of nitrogens with zero attached hydrogens (tertiary/aromatic N) is 2. The molecule has 4 nitrogen and oxygen atoms in total. The Hall–Kier alpha value is -2.60. The molecular weight excluding hydrogens is 337 g/mol. The molecule has 25 heavy (non-hydrogen) atoms. The number of para-hydroxylation sites is 1. The highest BCUT2D eigenvalue weighted by atomic mass is 32.2. The molecule has 128 valence electrons. The molecule has 0 spiro atoms. The first-order chi connectivity index (χ1) is 12.0. The number of hydrogen-bond donors (Lipinski definition) is 1. The Balaban J connectivity index is 1.74. The van der Waals surface area contributed by atoms with Crippen LogP contribution in [0.15, 0.2) is 66.1 Å². The predicted octanol–water partition coefficient (Wildman–Crippen LogP) is 4.44. The summed E-state index contributed by atoms with van der Waals surface area (Å²) in [6.07, 6.45) is 3.59.